The Kier molecular flexibility index (Phi) is 5.13. The number of benzene rings is 3. The lowest BCUT2D eigenvalue weighted by Gasteiger charge is -2.25. The largest absolute Gasteiger partial charge is 0.464 e. The number of hydrogen-bond donors (Lipinski definition) is 1. The molecule has 142 valence electrons. The van der Waals surface area contributed by atoms with E-state index in [2.05, 4.69) is 34.5 Å². The molecule has 4 nitrogen and oxygen atoms in total. The van der Waals surface area contributed by atoms with E-state index in [1.54, 1.807) is 6.26 Å². The average Bonchev–Trinajstić information content (AvgIpc) is 3.12. The zero-order valence-corrected chi connectivity index (χ0v) is 16.2. The van der Waals surface area contributed by atoms with E-state index in [-0.39, 0.29) is 11.9 Å². The molecular weight excluding hydrogens is 348 g/mol. The number of nitrogens with zero attached hydrogens (tertiary/aromatic N) is 1. The van der Waals surface area contributed by atoms with Crippen molar-refractivity contribution in [2.45, 2.75) is 12.5 Å². The molecule has 1 amide bonds. The SMILES string of the molecule is CN(C)C(CNC(=O)Cc1coc2ccc3ccccc3c12)c1ccccc1. The summed E-state index contributed by atoms with van der Waals surface area (Å²) < 4.78 is 5.70. The topological polar surface area (TPSA) is 45.5 Å². The number of carbonyl (C=O) groups is 1. The second-order valence-electron chi connectivity index (χ2n) is 7.29. The van der Waals surface area contributed by atoms with Gasteiger partial charge in [0.05, 0.1) is 18.7 Å². The summed E-state index contributed by atoms with van der Waals surface area (Å²) >= 11 is 0. The molecular formula is C24H24N2O2. The number of nitrogens with one attached hydrogen (secondary N) is 1. The van der Waals surface area contributed by atoms with Crippen LogP contribution in [-0.2, 0) is 11.2 Å². The molecule has 0 saturated carbocycles. The number of carbonyl (C=O) groups excluding carboxylic acids is 1. The van der Waals surface area contributed by atoms with Crippen LogP contribution in [0.25, 0.3) is 21.7 Å². The van der Waals surface area contributed by atoms with E-state index < -0.39 is 0 Å². The Morgan fingerprint density at radius 3 is 2.54 bits per heavy atom. The molecule has 1 aromatic heterocycles. The van der Waals surface area contributed by atoms with E-state index in [1.165, 1.54) is 5.56 Å². The van der Waals surface area contributed by atoms with Gasteiger partial charge in [0, 0.05) is 17.5 Å². The van der Waals surface area contributed by atoms with Crippen LogP contribution in [0.1, 0.15) is 17.2 Å². The maximum atomic E-state index is 12.7. The van der Waals surface area contributed by atoms with Gasteiger partial charge in [0.25, 0.3) is 0 Å². The summed E-state index contributed by atoms with van der Waals surface area (Å²) in [6.45, 7) is 0.562. The van der Waals surface area contributed by atoms with Crippen LogP contribution in [0.3, 0.4) is 0 Å². The normalized spacial score (nSPS) is 12.5. The molecule has 4 aromatic rings. The van der Waals surface area contributed by atoms with Gasteiger partial charge in [-0.2, -0.15) is 0 Å². The highest BCUT2D eigenvalue weighted by Crippen LogP contribution is 2.30. The zero-order chi connectivity index (χ0) is 19.5. The van der Waals surface area contributed by atoms with Gasteiger partial charge in [-0.15, -0.1) is 0 Å². The molecule has 0 aliphatic rings. The van der Waals surface area contributed by atoms with Gasteiger partial charge in [-0.1, -0.05) is 60.7 Å². The molecule has 4 heteroatoms. The quantitative estimate of drug-likeness (QED) is 0.540. The monoisotopic (exact) mass is 372 g/mol. The van der Waals surface area contributed by atoms with Crippen LogP contribution in [0.5, 0.6) is 0 Å². The average molecular weight is 372 g/mol. The van der Waals surface area contributed by atoms with Crippen LogP contribution in [0, 0.1) is 0 Å². The lowest BCUT2D eigenvalue weighted by atomic mass is 10.0. The van der Waals surface area contributed by atoms with Crippen LogP contribution < -0.4 is 5.32 Å². The molecule has 0 bridgehead atoms. The third-order valence-corrected chi connectivity index (χ3v) is 5.19. The van der Waals surface area contributed by atoms with E-state index in [9.17, 15) is 4.79 Å². The van der Waals surface area contributed by atoms with Crippen LogP contribution in [0.4, 0.5) is 0 Å². The first-order valence-corrected chi connectivity index (χ1v) is 9.49. The molecule has 1 unspecified atom stereocenters. The zero-order valence-electron chi connectivity index (χ0n) is 16.2. The van der Waals surface area contributed by atoms with E-state index in [4.69, 9.17) is 4.42 Å². The summed E-state index contributed by atoms with van der Waals surface area (Å²) in [5.74, 6) is -0.00147. The summed E-state index contributed by atoms with van der Waals surface area (Å²) in [4.78, 5) is 14.8. The smallest absolute Gasteiger partial charge is 0.224 e. The summed E-state index contributed by atoms with van der Waals surface area (Å²) in [6, 6.07) is 22.6. The number of amides is 1. The molecule has 3 aromatic carbocycles. The molecule has 1 heterocycles. The number of fused-ring (bicyclic) bond motifs is 3. The van der Waals surface area contributed by atoms with E-state index >= 15 is 0 Å². The highest BCUT2D eigenvalue weighted by atomic mass is 16.3. The van der Waals surface area contributed by atoms with Gasteiger partial charge in [-0.3, -0.25) is 4.79 Å². The molecule has 0 fully saturated rings. The van der Waals surface area contributed by atoms with Gasteiger partial charge in [-0.05, 0) is 36.5 Å². The Labute approximate surface area is 164 Å². The van der Waals surface area contributed by atoms with Crippen molar-refractivity contribution in [1.82, 2.24) is 10.2 Å². The van der Waals surface area contributed by atoms with Crippen molar-refractivity contribution in [2.75, 3.05) is 20.6 Å². The molecule has 0 aliphatic carbocycles. The van der Waals surface area contributed by atoms with Gasteiger partial charge in [0.2, 0.25) is 5.91 Å². The van der Waals surface area contributed by atoms with Gasteiger partial charge in [0.1, 0.15) is 5.58 Å². The molecule has 0 saturated heterocycles. The molecule has 0 spiro atoms. The van der Waals surface area contributed by atoms with Gasteiger partial charge < -0.3 is 14.6 Å². The third kappa shape index (κ3) is 3.64. The molecule has 1 atom stereocenters. The van der Waals surface area contributed by atoms with E-state index in [0.29, 0.717) is 13.0 Å². The fourth-order valence-corrected chi connectivity index (χ4v) is 3.72. The number of hydrogen-bond acceptors (Lipinski definition) is 3. The Morgan fingerprint density at radius 2 is 1.75 bits per heavy atom. The van der Waals surface area contributed by atoms with Crippen LogP contribution in [0.2, 0.25) is 0 Å². The lowest BCUT2D eigenvalue weighted by Crippen LogP contribution is -2.35. The Bertz CT molecular complexity index is 1100. The number of likely N-dealkylation sites (N-methyl/N-ethyl adjacent to an activating group) is 1. The predicted octanol–water partition coefficient (Wildman–Crippen LogP) is 4.55. The van der Waals surface area contributed by atoms with Crippen molar-refractivity contribution in [3.63, 3.8) is 0 Å². The highest BCUT2D eigenvalue weighted by molar-refractivity contribution is 6.08. The Balaban J connectivity index is 1.52. The molecule has 0 radical (unpaired) electrons. The van der Waals surface area contributed by atoms with Crippen molar-refractivity contribution in [3.8, 4) is 0 Å². The maximum absolute atomic E-state index is 12.7. The summed E-state index contributed by atoms with van der Waals surface area (Å²) in [5.41, 5.74) is 2.93. The minimum absolute atomic E-state index is 0.00147. The maximum Gasteiger partial charge on any atom is 0.224 e. The minimum Gasteiger partial charge on any atom is -0.464 e. The lowest BCUT2D eigenvalue weighted by molar-refractivity contribution is -0.120. The molecule has 0 aliphatic heterocycles. The van der Waals surface area contributed by atoms with Crippen molar-refractivity contribution < 1.29 is 9.21 Å². The third-order valence-electron chi connectivity index (χ3n) is 5.19. The second-order valence-corrected chi connectivity index (χ2v) is 7.29. The van der Waals surface area contributed by atoms with Crippen molar-refractivity contribution in [1.29, 1.82) is 0 Å². The number of rotatable bonds is 6. The summed E-state index contributed by atoms with van der Waals surface area (Å²) in [7, 11) is 4.05. The van der Waals surface area contributed by atoms with Crippen molar-refractivity contribution >= 4 is 27.6 Å². The van der Waals surface area contributed by atoms with Crippen LogP contribution in [-0.4, -0.2) is 31.4 Å². The summed E-state index contributed by atoms with van der Waals surface area (Å²) in [5, 5.41) is 6.39. The van der Waals surface area contributed by atoms with Gasteiger partial charge >= 0.3 is 0 Å². The first kappa shape index (κ1) is 18.3. The number of furan rings is 1. The van der Waals surface area contributed by atoms with Crippen molar-refractivity contribution in [3.05, 3.63) is 84.1 Å². The van der Waals surface area contributed by atoms with E-state index in [1.807, 2.05) is 56.6 Å². The fraction of sp³-hybridized carbons (Fsp3) is 0.208. The van der Waals surface area contributed by atoms with Gasteiger partial charge in [0.15, 0.2) is 0 Å². The molecule has 1 N–H and O–H groups in total. The first-order chi connectivity index (χ1) is 13.6. The van der Waals surface area contributed by atoms with Crippen LogP contribution >= 0.6 is 0 Å². The standard InChI is InChI=1S/C24H24N2O2/c1-26(2)21(18-9-4-3-5-10-18)15-25-23(27)14-19-16-28-22-13-12-17-8-6-7-11-20(17)24(19)22/h3-13,16,21H,14-15H2,1-2H3,(H,25,27). The summed E-state index contributed by atoms with van der Waals surface area (Å²) in [6.07, 6.45) is 2.01. The van der Waals surface area contributed by atoms with Crippen LogP contribution in [0.15, 0.2) is 77.4 Å². The predicted molar refractivity (Wildman–Crippen MR) is 113 cm³/mol. The Morgan fingerprint density at radius 1 is 1.00 bits per heavy atom. The van der Waals surface area contributed by atoms with E-state index in [0.717, 1.165) is 27.3 Å². The molecule has 4 rings (SSSR count). The molecule has 28 heavy (non-hydrogen) atoms. The Hall–Kier alpha value is -3.11. The second kappa shape index (κ2) is 7.87. The fourth-order valence-electron chi connectivity index (χ4n) is 3.72. The highest BCUT2D eigenvalue weighted by Gasteiger charge is 2.17. The van der Waals surface area contributed by atoms with Gasteiger partial charge in [-0.25, -0.2) is 0 Å². The minimum atomic E-state index is -0.00147. The van der Waals surface area contributed by atoms with Crippen molar-refractivity contribution in [2.24, 2.45) is 0 Å². The first-order valence-electron chi connectivity index (χ1n) is 9.49.